The first-order valence-corrected chi connectivity index (χ1v) is 10.7. The van der Waals surface area contributed by atoms with E-state index < -0.39 is 23.8 Å². The summed E-state index contributed by atoms with van der Waals surface area (Å²) in [5.74, 6) is -0.647. The summed E-state index contributed by atoms with van der Waals surface area (Å²) in [6, 6.07) is 4.30. The Morgan fingerprint density at radius 3 is 2.43 bits per heavy atom. The molecule has 1 aromatic rings. The summed E-state index contributed by atoms with van der Waals surface area (Å²) in [5.41, 5.74) is 7.21. The highest BCUT2D eigenvalue weighted by Gasteiger charge is 2.45. The predicted octanol–water partition coefficient (Wildman–Crippen LogP) is 0.942. The quantitative estimate of drug-likeness (QED) is 0.598. The Bertz CT molecular complexity index is 876. The van der Waals surface area contributed by atoms with Crippen LogP contribution in [0.2, 0.25) is 0 Å². The zero-order valence-corrected chi connectivity index (χ0v) is 17.0. The summed E-state index contributed by atoms with van der Waals surface area (Å²) < 4.78 is 0. The smallest absolute Gasteiger partial charge is 0.262 e. The Morgan fingerprint density at radius 2 is 1.73 bits per heavy atom. The number of carbonyl (C=O) groups is 4. The minimum atomic E-state index is -0.936. The van der Waals surface area contributed by atoms with Gasteiger partial charge in [0.25, 0.3) is 11.8 Å². The molecule has 1 aliphatic carbocycles. The number of amides is 4. The van der Waals surface area contributed by atoms with Crippen LogP contribution in [0.3, 0.4) is 0 Å². The van der Waals surface area contributed by atoms with Crippen LogP contribution < -0.4 is 16.4 Å². The van der Waals surface area contributed by atoms with Gasteiger partial charge in [-0.25, -0.2) is 0 Å². The lowest BCUT2D eigenvalue weighted by Gasteiger charge is -2.28. The van der Waals surface area contributed by atoms with Crippen LogP contribution in [0.5, 0.6) is 0 Å². The number of hydrogen-bond donors (Lipinski definition) is 3. The molecule has 0 bridgehead atoms. The highest BCUT2D eigenvalue weighted by atomic mass is 16.2. The van der Waals surface area contributed by atoms with E-state index in [1.165, 1.54) is 0 Å². The lowest BCUT2D eigenvalue weighted by molar-refractivity contribution is -0.136. The number of rotatable bonds is 6. The van der Waals surface area contributed by atoms with E-state index in [0.29, 0.717) is 29.5 Å². The van der Waals surface area contributed by atoms with Crippen molar-refractivity contribution >= 4 is 23.6 Å². The molecule has 4 N–H and O–H groups in total. The van der Waals surface area contributed by atoms with Crippen molar-refractivity contribution in [1.29, 1.82) is 0 Å². The van der Waals surface area contributed by atoms with E-state index in [-0.39, 0.29) is 18.7 Å². The Balaban J connectivity index is 1.43. The topological polar surface area (TPSA) is 122 Å². The van der Waals surface area contributed by atoms with Crippen LogP contribution in [0, 0.1) is 11.8 Å². The van der Waals surface area contributed by atoms with Crippen LogP contribution in [0.4, 0.5) is 0 Å². The summed E-state index contributed by atoms with van der Waals surface area (Å²) in [5, 5.41) is 5.66. The average molecular weight is 412 g/mol. The first-order chi connectivity index (χ1) is 14.5. The Morgan fingerprint density at radius 1 is 1.00 bits per heavy atom. The molecule has 8 heteroatoms. The molecule has 2 heterocycles. The number of nitrogens with two attached hydrogens (primary N) is 1. The van der Waals surface area contributed by atoms with Crippen LogP contribution in [0.15, 0.2) is 18.2 Å². The number of carbonyl (C=O) groups excluding carboxylic acids is 4. The third kappa shape index (κ3) is 3.89. The van der Waals surface area contributed by atoms with Crippen molar-refractivity contribution in [2.45, 2.75) is 51.1 Å². The van der Waals surface area contributed by atoms with Crippen LogP contribution in [-0.2, 0) is 16.1 Å². The summed E-state index contributed by atoms with van der Waals surface area (Å²) in [6.45, 7) is 2.11. The lowest BCUT2D eigenvalue weighted by atomic mass is 9.82. The van der Waals surface area contributed by atoms with E-state index in [1.807, 2.05) is 6.07 Å². The fraction of sp³-hybridized carbons (Fsp3) is 0.545. The maximum absolute atomic E-state index is 13.1. The summed E-state index contributed by atoms with van der Waals surface area (Å²) in [7, 11) is 0. The summed E-state index contributed by atoms with van der Waals surface area (Å²) >= 11 is 0. The van der Waals surface area contributed by atoms with Gasteiger partial charge in [0.15, 0.2) is 0 Å². The molecule has 1 unspecified atom stereocenters. The molecule has 2 fully saturated rings. The molecule has 1 saturated heterocycles. The number of nitrogens with zero attached hydrogens (tertiary/aromatic N) is 1. The Hall–Kier alpha value is -2.58. The van der Waals surface area contributed by atoms with Gasteiger partial charge in [0.1, 0.15) is 6.04 Å². The molecule has 1 aromatic carbocycles. The van der Waals surface area contributed by atoms with Crippen LogP contribution in [0.25, 0.3) is 0 Å². The molecule has 0 aromatic heterocycles. The molecule has 30 heavy (non-hydrogen) atoms. The molecule has 4 rings (SSSR count). The molecule has 1 atom stereocenters. The minimum absolute atomic E-state index is 0.116. The van der Waals surface area contributed by atoms with Gasteiger partial charge in [-0.1, -0.05) is 12.1 Å². The normalized spacial score (nSPS) is 26.7. The number of fused-ring (bicyclic) bond motifs is 1. The standard InChI is InChI=1S/C22H28N4O4/c23-10-13-4-6-14(7-5-13)11-24-12-15-2-1-3-16-19(15)22(30)26(21(16)29)17-8-9-18(27)25-20(17)28/h1-3,13-14,17,24H,4-12,23H2,(H,25,27,28). The highest BCUT2D eigenvalue weighted by Crippen LogP contribution is 2.30. The van der Waals surface area contributed by atoms with Crippen LogP contribution in [0.1, 0.15) is 64.8 Å². The van der Waals surface area contributed by atoms with Gasteiger partial charge in [0.2, 0.25) is 11.8 Å². The van der Waals surface area contributed by atoms with Crippen molar-refractivity contribution in [2.75, 3.05) is 13.1 Å². The molecular formula is C22H28N4O4. The zero-order valence-electron chi connectivity index (χ0n) is 17.0. The number of benzene rings is 1. The number of hydrogen-bond acceptors (Lipinski definition) is 6. The SMILES string of the molecule is NCC1CCC(CNCc2cccc3c2C(=O)N(C2CCC(=O)NC2=O)C3=O)CC1. The molecule has 160 valence electrons. The predicted molar refractivity (Wildman–Crippen MR) is 109 cm³/mol. The first-order valence-electron chi connectivity index (χ1n) is 10.7. The minimum Gasteiger partial charge on any atom is -0.330 e. The summed E-state index contributed by atoms with van der Waals surface area (Å²) in [4.78, 5) is 50.6. The number of piperidine rings is 1. The largest absolute Gasteiger partial charge is 0.330 e. The molecule has 8 nitrogen and oxygen atoms in total. The van der Waals surface area contributed by atoms with E-state index in [9.17, 15) is 19.2 Å². The molecule has 0 spiro atoms. The second kappa shape index (κ2) is 8.65. The van der Waals surface area contributed by atoms with Crippen molar-refractivity contribution in [3.8, 4) is 0 Å². The van der Waals surface area contributed by atoms with E-state index >= 15 is 0 Å². The fourth-order valence-electron chi connectivity index (χ4n) is 4.81. The maximum Gasteiger partial charge on any atom is 0.262 e. The monoisotopic (exact) mass is 412 g/mol. The summed E-state index contributed by atoms with van der Waals surface area (Å²) in [6.07, 6.45) is 4.92. The van der Waals surface area contributed by atoms with Crippen molar-refractivity contribution in [3.63, 3.8) is 0 Å². The van der Waals surface area contributed by atoms with Gasteiger partial charge in [-0.3, -0.25) is 29.4 Å². The van der Waals surface area contributed by atoms with Gasteiger partial charge >= 0.3 is 0 Å². The molecule has 3 aliphatic rings. The van der Waals surface area contributed by atoms with Gasteiger partial charge in [0.05, 0.1) is 11.1 Å². The molecule has 0 radical (unpaired) electrons. The van der Waals surface area contributed by atoms with Gasteiger partial charge in [-0.05, 0) is 68.7 Å². The lowest BCUT2D eigenvalue weighted by Crippen LogP contribution is -2.54. The first kappa shape index (κ1) is 20.7. The second-order valence-electron chi connectivity index (χ2n) is 8.54. The van der Waals surface area contributed by atoms with Crippen LogP contribution >= 0.6 is 0 Å². The molecule has 2 aliphatic heterocycles. The van der Waals surface area contributed by atoms with Crippen LogP contribution in [-0.4, -0.2) is 47.7 Å². The van der Waals surface area contributed by atoms with Crippen molar-refractivity contribution in [1.82, 2.24) is 15.5 Å². The third-order valence-corrected chi connectivity index (χ3v) is 6.60. The van der Waals surface area contributed by atoms with Crippen molar-refractivity contribution in [2.24, 2.45) is 17.6 Å². The molecule has 4 amide bonds. The van der Waals surface area contributed by atoms with Gasteiger partial charge in [0, 0.05) is 13.0 Å². The fourth-order valence-corrected chi connectivity index (χ4v) is 4.81. The molecular weight excluding hydrogens is 384 g/mol. The van der Waals surface area contributed by atoms with Crippen molar-refractivity contribution in [3.05, 3.63) is 34.9 Å². The third-order valence-electron chi connectivity index (χ3n) is 6.60. The van der Waals surface area contributed by atoms with E-state index in [4.69, 9.17) is 5.73 Å². The highest BCUT2D eigenvalue weighted by molar-refractivity contribution is 6.24. The zero-order chi connectivity index (χ0) is 21.3. The Kier molecular flexibility index (Phi) is 5.97. The van der Waals surface area contributed by atoms with Crippen molar-refractivity contribution < 1.29 is 19.2 Å². The number of imide groups is 2. The van der Waals surface area contributed by atoms with E-state index in [1.54, 1.807) is 12.1 Å². The maximum atomic E-state index is 13.1. The second-order valence-corrected chi connectivity index (χ2v) is 8.54. The van der Waals surface area contributed by atoms with Gasteiger partial charge in [-0.2, -0.15) is 0 Å². The van der Waals surface area contributed by atoms with Gasteiger partial charge < -0.3 is 11.1 Å². The number of nitrogens with one attached hydrogen (secondary N) is 2. The van der Waals surface area contributed by atoms with E-state index in [2.05, 4.69) is 10.6 Å². The molecule has 1 saturated carbocycles. The van der Waals surface area contributed by atoms with Gasteiger partial charge in [-0.15, -0.1) is 0 Å². The Labute approximate surface area is 175 Å². The van der Waals surface area contributed by atoms with E-state index in [0.717, 1.165) is 49.2 Å². The average Bonchev–Trinajstić information content (AvgIpc) is 3.00.